The van der Waals surface area contributed by atoms with Gasteiger partial charge in [0.05, 0.1) is 6.54 Å². The molecule has 1 N–H and O–H groups in total. The maximum atomic E-state index is 11.3. The fourth-order valence-electron chi connectivity index (χ4n) is 1.43. The molecular weight excluding hydrogens is 180 g/mol. The zero-order valence-electron chi connectivity index (χ0n) is 9.41. The van der Waals surface area contributed by atoms with Gasteiger partial charge < -0.3 is 15.0 Å². The third-order valence-corrected chi connectivity index (χ3v) is 2.21. The summed E-state index contributed by atoms with van der Waals surface area (Å²) >= 11 is 0. The SMILES string of the molecule is CC(C)[C@@H](CC(=O)NCC=O)N(C)C. The first-order valence-electron chi connectivity index (χ1n) is 4.85. The Bertz CT molecular complexity index is 183. The van der Waals surface area contributed by atoms with Gasteiger partial charge in [-0.15, -0.1) is 0 Å². The number of hydrogen-bond donors (Lipinski definition) is 1. The molecule has 0 radical (unpaired) electrons. The van der Waals surface area contributed by atoms with Gasteiger partial charge >= 0.3 is 0 Å². The first-order valence-corrected chi connectivity index (χ1v) is 4.85. The lowest BCUT2D eigenvalue weighted by Gasteiger charge is -2.27. The summed E-state index contributed by atoms with van der Waals surface area (Å²) < 4.78 is 0. The molecule has 1 atom stereocenters. The molecule has 1 amide bonds. The van der Waals surface area contributed by atoms with E-state index in [1.807, 2.05) is 19.0 Å². The molecule has 0 aromatic rings. The molecule has 0 aromatic carbocycles. The third kappa shape index (κ3) is 4.97. The predicted molar refractivity (Wildman–Crippen MR) is 56.0 cm³/mol. The normalized spacial score (nSPS) is 13.0. The minimum atomic E-state index is -0.0653. The third-order valence-electron chi connectivity index (χ3n) is 2.21. The molecule has 0 unspecified atom stereocenters. The van der Waals surface area contributed by atoms with Crippen molar-refractivity contribution in [3.63, 3.8) is 0 Å². The van der Waals surface area contributed by atoms with Crippen molar-refractivity contribution < 1.29 is 9.59 Å². The largest absolute Gasteiger partial charge is 0.349 e. The average molecular weight is 200 g/mol. The highest BCUT2D eigenvalue weighted by Gasteiger charge is 2.18. The first kappa shape index (κ1) is 13.1. The molecule has 0 rings (SSSR count). The average Bonchev–Trinajstić information content (AvgIpc) is 2.09. The van der Waals surface area contributed by atoms with Crippen LogP contribution in [-0.2, 0) is 9.59 Å². The molecule has 0 aromatic heterocycles. The van der Waals surface area contributed by atoms with Crippen LogP contribution >= 0.6 is 0 Å². The zero-order valence-corrected chi connectivity index (χ0v) is 9.41. The first-order chi connectivity index (χ1) is 6.49. The number of amides is 1. The van der Waals surface area contributed by atoms with E-state index in [1.54, 1.807) is 0 Å². The van der Waals surface area contributed by atoms with Crippen LogP contribution in [0.3, 0.4) is 0 Å². The molecule has 14 heavy (non-hydrogen) atoms. The summed E-state index contributed by atoms with van der Waals surface area (Å²) in [5, 5.41) is 2.54. The molecule has 0 saturated heterocycles. The molecule has 0 aliphatic heterocycles. The number of rotatable bonds is 6. The van der Waals surface area contributed by atoms with E-state index in [2.05, 4.69) is 19.2 Å². The number of aldehydes is 1. The van der Waals surface area contributed by atoms with Crippen molar-refractivity contribution in [2.75, 3.05) is 20.6 Å². The fourth-order valence-corrected chi connectivity index (χ4v) is 1.43. The van der Waals surface area contributed by atoms with Gasteiger partial charge in [-0.2, -0.15) is 0 Å². The van der Waals surface area contributed by atoms with E-state index < -0.39 is 0 Å². The van der Waals surface area contributed by atoms with Gasteiger partial charge in [0.25, 0.3) is 0 Å². The van der Waals surface area contributed by atoms with Crippen LogP contribution < -0.4 is 5.32 Å². The highest BCUT2D eigenvalue weighted by atomic mass is 16.2. The monoisotopic (exact) mass is 200 g/mol. The highest BCUT2D eigenvalue weighted by molar-refractivity contribution is 5.78. The van der Waals surface area contributed by atoms with E-state index in [0.717, 1.165) is 0 Å². The van der Waals surface area contributed by atoms with E-state index in [-0.39, 0.29) is 18.5 Å². The van der Waals surface area contributed by atoms with Gasteiger partial charge in [0.15, 0.2) is 0 Å². The van der Waals surface area contributed by atoms with Crippen LogP contribution in [-0.4, -0.2) is 43.8 Å². The number of carbonyl (C=O) groups excluding carboxylic acids is 2. The van der Waals surface area contributed by atoms with Gasteiger partial charge in [-0.3, -0.25) is 4.79 Å². The Hall–Kier alpha value is -0.900. The van der Waals surface area contributed by atoms with Gasteiger partial charge in [-0.25, -0.2) is 0 Å². The standard InChI is InChI=1S/C10H20N2O2/c1-8(2)9(12(3)4)7-10(14)11-5-6-13/h6,8-9H,5,7H2,1-4H3,(H,11,14)/t9-/m1/s1. The second-order valence-corrected chi connectivity index (χ2v) is 3.95. The van der Waals surface area contributed by atoms with Crippen molar-refractivity contribution in [1.29, 1.82) is 0 Å². The second-order valence-electron chi connectivity index (χ2n) is 3.95. The second kappa shape index (κ2) is 6.54. The Morgan fingerprint density at radius 2 is 2.00 bits per heavy atom. The van der Waals surface area contributed by atoms with E-state index in [1.165, 1.54) is 0 Å². The van der Waals surface area contributed by atoms with Crippen molar-refractivity contribution in [2.24, 2.45) is 5.92 Å². The summed E-state index contributed by atoms with van der Waals surface area (Å²) in [6.07, 6.45) is 1.14. The van der Waals surface area contributed by atoms with Crippen LogP contribution in [0.25, 0.3) is 0 Å². The van der Waals surface area contributed by atoms with E-state index >= 15 is 0 Å². The van der Waals surface area contributed by atoms with Crippen LogP contribution in [0, 0.1) is 5.92 Å². The van der Waals surface area contributed by atoms with Gasteiger partial charge in [0, 0.05) is 12.5 Å². The van der Waals surface area contributed by atoms with Crippen LogP contribution in [0.2, 0.25) is 0 Å². The summed E-state index contributed by atoms with van der Waals surface area (Å²) in [6.45, 7) is 4.27. The van der Waals surface area contributed by atoms with Gasteiger partial charge in [-0.05, 0) is 20.0 Å². The maximum Gasteiger partial charge on any atom is 0.221 e. The quantitative estimate of drug-likeness (QED) is 0.626. The predicted octanol–water partition coefficient (Wildman–Crippen LogP) is 0.278. The molecular formula is C10H20N2O2. The van der Waals surface area contributed by atoms with E-state index in [0.29, 0.717) is 18.6 Å². The van der Waals surface area contributed by atoms with Crippen LogP contribution in [0.15, 0.2) is 0 Å². The number of carbonyl (C=O) groups is 2. The highest BCUT2D eigenvalue weighted by Crippen LogP contribution is 2.10. The lowest BCUT2D eigenvalue weighted by atomic mass is 9.99. The Balaban J connectivity index is 4.03. The molecule has 0 fully saturated rings. The molecule has 0 spiro atoms. The van der Waals surface area contributed by atoms with Crippen molar-refractivity contribution in [3.05, 3.63) is 0 Å². The van der Waals surface area contributed by atoms with Crippen molar-refractivity contribution in [3.8, 4) is 0 Å². The summed E-state index contributed by atoms with van der Waals surface area (Å²) in [5.74, 6) is 0.358. The number of nitrogens with zero attached hydrogens (tertiary/aromatic N) is 1. The molecule has 4 nitrogen and oxygen atoms in total. The molecule has 0 aliphatic carbocycles. The molecule has 0 aliphatic rings. The molecule has 0 bridgehead atoms. The summed E-state index contributed by atoms with van der Waals surface area (Å²) in [4.78, 5) is 23.4. The topological polar surface area (TPSA) is 49.4 Å². The smallest absolute Gasteiger partial charge is 0.221 e. The Kier molecular flexibility index (Phi) is 6.12. The Morgan fingerprint density at radius 3 is 2.36 bits per heavy atom. The fraction of sp³-hybridized carbons (Fsp3) is 0.800. The van der Waals surface area contributed by atoms with Crippen LogP contribution in [0.1, 0.15) is 20.3 Å². The van der Waals surface area contributed by atoms with Crippen molar-refractivity contribution in [2.45, 2.75) is 26.3 Å². The number of nitrogens with one attached hydrogen (secondary N) is 1. The van der Waals surface area contributed by atoms with Crippen molar-refractivity contribution >= 4 is 12.2 Å². The Morgan fingerprint density at radius 1 is 1.43 bits per heavy atom. The lowest BCUT2D eigenvalue weighted by molar-refractivity contribution is -0.123. The molecule has 4 heteroatoms. The molecule has 0 saturated carbocycles. The van der Waals surface area contributed by atoms with Gasteiger partial charge in [-0.1, -0.05) is 13.8 Å². The van der Waals surface area contributed by atoms with E-state index in [9.17, 15) is 9.59 Å². The van der Waals surface area contributed by atoms with Gasteiger partial charge in [0.2, 0.25) is 5.91 Å². The summed E-state index contributed by atoms with van der Waals surface area (Å²) in [6, 6.07) is 0.224. The van der Waals surface area contributed by atoms with Crippen LogP contribution in [0.5, 0.6) is 0 Å². The number of hydrogen-bond acceptors (Lipinski definition) is 3. The lowest BCUT2D eigenvalue weighted by Crippen LogP contribution is -2.38. The summed E-state index contributed by atoms with van der Waals surface area (Å²) in [7, 11) is 3.91. The van der Waals surface area contributed by atoms with Crippen molar-refractivity contribution in [1.82, 2.24) is 10.2 Å². The molecule has 82 valence electrons. The minimum absolute atomic E-state index is 0.0653. The van der Waals surface area contributed by atoms with E-state index in [4.69, 9.17) is 0 Å². The minimum Gasteiger partial charge on any atom is -0.349 e. The zero-order chi connectivity index (χ0) is 11.1. The summed E-state index contributed by atoms with van der Waals surface area (Å²) in [5.41, 5.74) is 0. The van der Waals surface area contributed by atoms with Crippen LogP contribution in [0.4, 0.5) is 0 Å². The maximum absolute atomic E-state index is 11.3. The van der Waals surface area contributed by atoms with Gasteiger partial charge in [0.1, 0.15) is 6.29 Å². The Labute approximate surface area is 85.7 Å². The molecule has 0 heterocycles.